The normalized spacial score (nSPS) is 10.8. The molecule has 1 heterocycles. The number of thiazole rings is 1. The fourth-order valence-corrected chi connectivity index (χ4v) is 2.19. The first-order chi connectivity index (χ1) is 7.33. The average molecular weight is 226 g/mol. The molecule has 0 aliphatic heterocycles. The second-order valence-electron chi connectivity index (χ2n) is 3.92. The Balaban J connectivity index is 1.93. The molecule has 0 saturated heterocycles. The van der Waals surface area contributed by atoms with Gasteiger partial charge in [-0.2, -0.15) is 0 Å². The zero-order valence-electron chi connectivity index (χ0n) is 9.88. The van der Waals surface area contributed by atoms with Gasteiger partial charge in [-0.1, -0.05) is 26.2 Å². The zero-order chi connectivity index (χ0) is 10.9. The van der Waals surface area contributed by atoms with Crippen LogP contribution in [-0.4, -0.2) is 18.1 Å². The summed E-state index contributed by atoms with van der Waals surface area (Å²) in [6.45, 7) is 6.53. The fraction of sp³-hybridized carbons (Fsp3) is 0.750. The third kappa shape index (κ3) is 5.90. The van der Waals surface area contributed by atoms with Crippen LogP contribution in [0.4, 0.5) is 0 Å². The van der Waals surface area contributed by atoms with Gasteiger partial charge in [0, 0.05) is 18.3 Å². The summed E-state index contributed by atoms with van der Waals surface area (Å²) in [7, 11) is 0. The summed E-state index contributed by atoms with van der Waals surface area (Å²) in [6.07, 6.45) is 6.42. The first-order valence-electron chi connectivity index (χ1n) is 5.94. The van der Waals surface area contributed by atoms with Gasteiger partial charge in [0.2, 0.25) is 0 Å². The van der Waals surface area contributed by atoms with Gasteiger partial charge < -0.3 is 5.32 Å². The van der Waals surface area contributed by atoms with E-state index < -0.39 is 0 Å². The predicted octanol–water partition coefficient (Wildman–Crippen LogP) is 3.16. The van der Waals surface area contributed by atoms with Gasteiger partial charge in [-0.25, -0.2) is 4.98 Å². The minimum absolute atomic E-state index is 1.06. The van der Waals surface area contributed by atoms with E-state index in [0.717, 1.165) is 19.5 Å². The number of hydrogen-bond acceptors (Lipinski definition) is 3. The van der Waals surface area contributed by atoms with E-state index in [1.807, 2.05) is 0 Å². The third-order valence-electron chi connectivity index (χ3n) is 2.43. The van der Waals surface area contributed by atoms with Gasteiger partial charge in [0.15, 0.2) is 0 Å². The summed E-state index contributed by atoms with van der Waals surface area (Å²) in [4.78, 5) is 4.44. The first-order valence-corrected chi connectivity index (χ1v) is 6.82. The Labute approximate surface area is 97.1 Å². The summed E-state index contributed by atoms with van der Waals surface area (Å²) in [5.41, 5.74) is 1.23. The van der Waals surface area contributed by atoms with Crippen LogP contribution in [0.2, 0.25) is 0 Å². The van der Waals surface area contributed by atoms with E-state index in [9.17, 15) is 0 Å². The van der Waals surface area contributed by atoms with Gasteiger partial charge in [0.05, 0.1) is 10.7 Å². The Bertz CT molecular complexity index is 258. The molecule has 0 aliphatic rings. The van der Waals surface area contributed by atoms with Crippen molar-refractivity contribution < 1.29 is 0 Å². The SMILES string of the molecule is CCCCCCNCCc1csc(C)n1. The summed E-state index contributed by atoms with van der Waals surface area (Å²) in [5.74, 6) is 0. The van der Waals surface area contributed by atoms with E-state index in [1.54, 1.807) is 11.3 Å². The van der Waals surface area contributed by atoms with E-state index in [0.29, 0.717) is 0 Å². The van der Waals surface area contributed by atoms with Crippen LogP contribution < -0.4 is 5.32 Å². The molecule has 0 atom stereocenters. The molecule has 1 rings (SSSR count). The highest BCUT2D eigenvalue weighted by molar-refractivity contribution is 7.09. The first kappa shape index (κ1) is 12.7. The Hall–Kier alpha value is -0.410. The Morgan fingerprint density at radius 1 is 1.27 bits per heavy atom. The van der Waals surface area contributed by atoms with Gasteiger partial charge in [0.25, 0.3) is 0 Å². The molecule has 0 unspecified atom stereocenters. The van der Waals surface area contributed by atoms with Crippen molar-refractivity contribution in [1.29, 1.82) is 0 Å². The van der Waals surface area contributed by atoms with Gasteiger partial charge in [-0.3, -0.25) is 0 Å². The number of hydrogen-bond donors (Lipinski definition) is 1. The lowest BCUT2D eigenvalue weighted by Crippen LogP contribution is -2.18. The second kappa shape index (κ2) is 7.83. The van der Waals surface area contributed by atoms with Gasteiger partial charge in [-0.15, -0.1) is 11.3 Å². The molecule has 1 aromatic heterocycles. The van der Waals surface area contributed by atoms with Gasteiger partial charge >= 0.3 is 0 Å². The van der Waals surface area contributed by atoms with Crippen molar-refractivity contribution in [3.8, 4) is 0 Å². The fourth-order valence-electron chi connectivity index (χ4n) is 1.54. The largest absolute Gasteiger partial charge is 0.316 e. The second-order valence-corrected chi connectivity index (χ2v) is 4.98. The maximum Gasteiger partial charge on any atom is 0.0897 e. The highest BCUT2D eigenvalue weighted by Gasteiger charge is 1.97. The van der Waals surface area contributed by atoms with Crippen LogP contribution in [0.25, 0.3) is 0 Å². The molecule has 0 radical (unpaired) electrons. The Morgan fingerprint density at radius 2 is 2.13 bits per heavy atom. The molecule has 0 bridgehead atoms. The maximum atomic E-state index is 4.44. The van der Waals surface area contributed by atoms with Gasteiger partial charge in [-0.05, 0) is 19.9 Å². The number of nitrogens with one attached hydrogen (secondary N) is 1. The summed E-state index contributed by atoms with van der Waals surface area (Å²) >= 11 is 1.74. The van der Waals surface area contributed by atoms with Crippen LogP contribution in [-0.2, 0) is 6.42 Å². The highest BCUT2D eigenvalue weighted by Crippen LogP contribution is 2.07. The van der Waals surface area contributed by atoms with E-state index in [1.165, 1.54) is 36.4 Å². The minimum Gasteiger partial charge on any atom is -0.316 e. The Kier molecular flexibility index (Phi) is 6.60. The van der Waals surface area contributed by atoms with Crippen molar-refractivity contribution in [2.24, 2.45) is 0 Å². The van der Waals surface area contributed by atoms with Crippen molar-refractivity contribution in [2.45, 2.75) is 46.0 Å². The van der Waals surface area contributed by atoms with Gasteiger partial charge in [0.1, 0.15) is 0 Å². The summed E-state index contributed by atoms with van der Waals surface area (Å²) in [6, 6.07) is 0. The molecule has 0 spiro atoms. The predicted molar refractivity (Wildman–Crippen MR) is 67.6 cm³/mol. The number of aromatic nitrogens is 1. The van der Waals surface area contributed by atoms with E-state index in [2.05, 4.69) is 29.5 Å². The lowest BCUT2D eigenvalue weighted by Gasteiger charge is -2.02. The monoisotopic (exact) mass is 226 g/mol. The van der Waals surface area contributed by atoms with Crippen molar-refractivity contribution in [3.63, 3.8) is 0 Å². The van der Waals surface area contributed by atoms with Crippen LogP contribution in [0.5, 0.6) is 0 Å². The van der Waals surface area contributed by atoms with Crippen molar-refractivity contribution >= 4 is 11.3 Å². The van der Waals surface area contributed by atoms with Crippen molar-refractivity contribution in [2.75, 3.05) is 13.1 Å². The average Bonchev–Trinajstić information content (AvgIpc) is 2.63. The molecule has 0 amide bonds. The molecular weight excluding hydrogens is 204 g/mol. The van der Waals surface area contributed by atoms with E-state index >= 15 is 0 Å². The summed E-state index contributed by atoms with van der Waals surface area (Å²) < 4.78 is 0. The molecule has 0 aromatic carbocycles. The zero-order valence-corrected chi connectivity index (χ0v) is 10.7. The molecule has 86 valence electrons. The number of nitrogens with zero attached hydrogens (tertiary/aromatic N) is 1. The molecular formula is C12H22N2S. The lowest BCUT2D eigenvalue weighted by molar-refractivity contribution is 0.597. The molecule has 0 aliphatic carbocycles. The molecule has 1 N–H and O–H groups in total. The van der Waals surface area contributed by atoms with E-state index in [-0.39, 0.29) is 0 Å². The van der Waals surface area contributed by atoms with Crippen molar-refractivity contribution in [1.82, 2.24) is 10.3 Å². The molecule has 1 aromatic rings. The topological polar surface area (TPSA) is 24.9 Å². The standard InChI is InChI=1S/C12H22N2S/c1-3-4-5-6-8-13-9-7-12-10-15-11(2)14-12/h10,13H,3-9H2,1-2H3. The van der Waals surface area contributed by atoms with Crippen LogP contribution in [0.15, 0.2) is 5.38 Å². The summed E-state index contributed by atoms with van der Waals surface area (Å²) in [5, 5.41) is 6.80. The maximum absolute atomic E-state index is 4.44. The highest BCUT2D eigenvalue weighted by atomic mass is 32.1. The minimum atomic E-state index is 1.06. The quantitative estimate of drug-likeness (QED) is 0.689. The van der Waals surface area contributed by atoms with Crippen molar-refractivity contribution in [3.05, 3.63) is 16.1 Å². The molecule has 0 fully saturated rings. The number of aryl methyl sites for hydroxylation is 1. The van der Waals surface area contributed by atoms with Crippen LogP contribution in [0.3, 0.4) is 0 Å². The third-order valence-corrected chi connectivity index (χ3v) is 3.25. The smallest absolute Gasteiger partial charge is 0.0897 e. The number of rotatable bonds is 8. The number of unbranched alkanes of at least 4 members (excludes halogenated alkanes) is 3. The molecule has 15 heavy (non-hydrogen) atoms. The molecule has 2 nitrogen and oxygen atoms in total. The lowest BCUT2D eigenvalue weighted by atomic mass is 10.2. The Morgan fingerprint density at radius 3 is 2.80 bits per heavy atom. The van der Waals surface area contributed by atoms with E-state index in [4.69, 9.17) is 0 Å². The van der Waals surface area contributed by atoms with Crippen LogP contribution in [0.1, 0.15) is 43.3 Å². The molecule has 0 saturated carbocycles. The molecule has 3 heteroatoms. The van der Waals surface area contributed by atoms with Crippen LogP contribution >= 0.6 is 11.3 Å². The van der Waals surface area contributed by atoms with Crippen LogP contribution in [0, 0.1) is 6.92 Å².